The molecule has 4 nitrogen and oxygen atoms in total. The van der Waals surface area contributed by atoms with Gasteiger partial charge in [0.15, 0.2) is 6.54 Å². The van der Waals surface area contributed by atoms with Gasteiger partial charge in [-0.2, -0.15) is 13.2 Å². The van der Waals surface area contributed by atoms with Gasteiger partial charge in [0.05, 0.1) is 31.7 Å². The molecule has 27 heavy (non-hydrogen) atoms. The highest BCUT2D eigenvalue weighted by Crippen LogP contribution is 2.31. The van der Waals surface area contributed by atoms with E-state index >= 15 is 0 Å². The highest BCUT2D eigenvalue weighted by Gasteiger charge is 2.31. The maximum Gasteiger partial charge on any atom is 0.416 e. The van der Waals surface area contributed by atoms with Gasteiger partial charge in [0.1, 0.15) is 0 Å². The molecule has 1 aromatic heterocycles. The topological polar surface area (TPSA) is 36.8 Å². The Morgan fingerprint density at radius 2 is 1.96 bits per heavy atom. The number of quaternary nitrogens is 1. The summed E-state index contributed by atoms with van der Waals surface area (Å²) in [7, 11) is 0. The lowest BCUT2D eigenvalue weighted by molar-refractivity contribution is -0.892. The van der Waals surface area contributed by atoms with Crippen molar-refractivity contribution < 1.29 is 22.9 Å². The molecule has 1 fully saturated rings. The van der Waals surface area contributed by atoms with E-state index in [9.17, 15) is 18.0 Å². The number of thiophene rings is 1. The average molecular weight is 398 g/mol. The highest BCUT2D eigenvalue weighted by molar-refractivity contribution is 7.09. The molecule has 1 amide bonds. The Kier molecular flexibility index (Phi) is 6.38. The van der Waals surface area contributed by atoms with Crippen molar-refractivity contribution in [1.29, 1.82) is 0 Å². The zero-order valence-corrected chi connectivity index (χ0v) is 15.7. The van der Waals surface area contributed by atoms with Crippen molar-refractivity contribution >= 4 is 22.9 Å². The normalized spacial score (nSPS) is 15.7. The van der Waals surface area contributed by atoms with Gasteiger partial charge in [-0.3, -0.25) is 4.79 Å². The van der Waals surface area contributed by atoms with Gasteiger partial charge >= 0.3 is 6.18 Å². The number of hydrogen-bond donors (Lipinski definition) is 2. The molecule has 0 bridgehead atoms. The van der Waals surface area contributed by atoms with Crippen LogP contribution < -0.4 is 15.1 Å². The number of piperazine rings is 1. The molecule has 2 N–H and O–H groups in total. The van der Waals surface area contributed by atoms with Crippen molar-refractivity contribution in [1.82, 2.24) is 5.32 Å². The molecule has 2 aromatic rings. The fourth-order valence-corrected chi connectivity index (χ4v) is 3.92. The molecule has 0 atom stereocenters. The molecule has 1 aromatic carbocycles. The number of nitrogens with zero attached hydrogens (tertiary/aromatic N) is 1. The van der Waals surface area contributed by atoms with Gasteiger partial charge < -0.3 is 15.1 Å². The molecule has 0 radical (unpaired) electrons. The monoisotopic (exact) mass is 398 g/mol. The number of halogens is 3. The Hall–Kier alpha value is -2.06. The summed E-state index contributed by atoms with van der Waals surface area (Å²) in [5.41, 5.74) is -0.0378. The van der Waals surface area contributed by atoms with Crippen LogP contribution in [0.3, 0.4) is 0 Å². The van der Waals surface area contributed by atoms with Crippen molar-refractivity contribution in [3.63, 3.8) is 0 Å². The minimum atomic E-state index is -4.33. The molecule has 3 rings (SSSR count). The van der Waals surface area contributed by atoms with E-state index in [0.29, 0.717) is 31.9 Å². The van der Waals surface area contributed by atoms with Crippen LogP contribution >= 0.6 is 11.3 Å². The van der Waals surface area contributed by atoms with Gasteiger partial charge in [-0.05, 0) is 36.1 Å². The van der Waals surface area contributed by atoms with Crippen LogP contribution in [-0.2, 0) is 17.4 Å². The molecule has 0 aliphatic carbocycles. The van der Waals surface area contributed by atoms with E-state index in [2.05, 4.69) is 11.4 Å². The van der Waals surface area contributed by atoms with Gasteiger partial charge in [-0.1, -0.05) is 12.1 Å². The minimum Gasteiger partial charge on any atom is -0.360 e. The summed E-state index contributed by atoms with van der Waals surface area (Å²) in [5, 5.41) is 4.96. The molecule has 0 unspecified atom stereocenters. The molecule has 8 heteroatoms. The van der Waals surface area contributed by atoms with Crippen LogP contribution in [-0.4, -0.2) is 45.2 Å². The largest absolute Gasteiger partial charge is 0.416 e. The van der Waals surface area contributed by atoms with Gasteiger partial charge in [-0.15, -0.1) is 11.3 Å². The van der Waals surface area contributed by atoms with Crippen molar-refractivity contribution in [2.75, 3.05) is 44.2 Å². The third-order valence-electron chi connectivity index (χ3n) is 4.69. The second-order valence-corrected chi connectivity index (χ2v) is 7.67. The highest BCUT2D eigenvalue weighted by atomic mass is 32.1. The van der Waals surface area contributed by atoms with Crippen molar-refractivity contribution in [2.45, 2.75) is 12.6 Å². The number of carbonyl (C=O) groups excluding carboxylic acids is 1. The number of carbonyl (C=O) groups is 1. The van der Waals surface area contributed by atoms with Gasteiger partial charge in [0, 0.05) is 17.1 Å². The predicted molar refractivity (Wildman–Crippen MR) is 100 cm³/mol. The van der Waals surface area contributed by atoms with Crippen LogP contribution in [0.1, 0.15) is 10.4 Å². The van der Waals surface area contributed by atoms with Gasteiger partial charge in [-0.25, -0.2) is 0 Å². The number of nitrogens with one attached hydrogen (secondary N) is 2. The van der Waals surface area contributed by atoms with Crippen LogP contribution in [0.4, 0.5) is 18.9 Å². The van der Waals surface area contributed by atoms with Crippen LogP contribution in [0.15, 0.2) is 41.8 Å². The summed E-state index contributed by atoms with van der Waals surface area (Å²) in [6.07, 6.45) is -3.49. The van der Waals surface area contributed by atoms with Crippen LogP contribution in [0.2, 0.25) is 0 Å². The first-order valence-corrected chi connectivity index (χ1v) is 9.84. The quantitative estimate of drug-likeness (QED) is 0.779. The zero-order valence-electron chi connectivity index (χ0n) is 14.9. The number of hydrogen-bond acceptors (Lipinski definition) is 3. The van der Waals surface area contributed by atoms with Gasteiger partial charge in [0.2, 0.25) is 0 Å². The number of rotatable bonds is 6. The van der Waals surface area contributed by atoms with E-state index in [1.165, 1.54) is 17.0 Å². The molecule has 146 valence electrons. The summed E-state index contributed by atoms with van der Waals surface area (Å²) >= 11 is 1.68. The van der Waals surface area contributed by atoms with Crippen LogP contribution in [0, 0.1) is 0 Å². The summed E-state index contributed by atoms with van der Waals surface area (Å²) in [5.74, 6) is 0.0223. The minimum absolute atomic E-state index is 0.0223. The zero-order chi connectivity index (χ0) is 19.3. The summed E-state index contributed by atoms with van der Waals surface area (Å²) in [6.45, 7) is 3.77. The summed E-state index contributed by atoms with van der Waals surface area (Å²) in [4.78, 5) is 16.4. The lowest BCUT2D eigenvalue weighted by atomic mass is 10.1. The van der Waals surface area contributed by atoms with Gasteiger partial charge in [0.25, 0.3) is 5.91 Å². The van der Waals surface area contributed by atoms with Crippen molar-refractivity contribution in [3.05, 3.63) is 52.2 Å². The van der Waals surface area contributed by atoms with Crippen LogP contribution in [0.5, 0.6) is 0 Å². The fourth-order valence-electron chi connectivity index (χ4n) is 3.21. The molecule has 1 aliphatic heterocycles. The molecule has 0 spiro atoms. The molecule has 0 saturated carbocycles. The Labute approximate surface area is 160 Å². The number of benzene rings is 1. The third kappa shape index (κ3) is 5.71. The predicted octanol–water partition coefficient (Wildman–Crippen LogP) is 1.83. The number of alkyl halides is 3. The third-order valence-corrected chi connectivity index (χ3v) is 5.63. The lowest BCUT2D eigenvalue weighted by Crippen LogP contribution is -3.16. The first kappa shape index (κ1) is 19.7. The van der Waals surface area contributed by atoms with E-state index in [1.54, 1.807) is 17.4 Å². The van der Waals surface area contributed by atoms with Crippen molar-refractivity contribution in [2.24, 2.45) is 0 Å². The Bertz CT molecular complexity index is 741. The van der Waals surface area contributed by atoms with Crippen molar-refractivity contribution in [3.8, 4) is 0 Å². The standard InChI is InChI=1S/C19H22F3N3OS/c20-19(21,22)15-3-1-4-16(13-15)25-10-8-24(9-11-25)14-18(26)23-7-6-17-5-2-12-27-17/h1-5,12-13H,6-11,14H2,(H,23,26)/p+1. The summed E-state index contributed by atoms with van der Waals surface area (Å²) in [6, 6.07) is 9.48. The van der Waals surface area contributed by atoms with E-state index in [0.717, 1.165) is 30.5 Å². The Balaban J connectivity index is 1.43. The smallest absolute Gasteiger partial charge is 0.360 e. The van der Waals surface area contributed by atoms with E-state index in [-0.39, 0.29) is 5.91 Å². The second kappa shape index (κ2) is 8.75. The maximum atomic E-state index is 12.9. The number of amides is 1. The molecule has 1 saturated heterocycles. The Morgan fingerprint density at radius 1 is 1.19 bits per heavy atom. The Morgan fingerprint density at radius 3 is 2.63 bits per heavy atom. The second-order valence-electron chi connectivity index (χ2n) is 6.64. The SMILES string of the molecule is O=C(C[NH+]1CCN(c2cccc(C(F)(F)F)c2)CC1)NCCc1cccs1. The molecule has 2 heterocycles. The van der Waals surface area contributed by atoms with E-state index in [4.69, 9.17) is 0 Å². The first-order chi connectivity index (χ1) is 12.9. The first-order valence-electron chi connectivity index (χ1n) is 8.96. The number of anilines is 1. The molecular weight excluding hydrogens is 375 g/mol. The van der Waals surface area contributed by atoms with E-state index in [1.807, 2.05) is 16.3 Å². The average Bonchev–Trinajstić information content (AvgIpc) is 3.15. The lowest BCUT2D eigenvalue weighted by Gasteiger charge is -2.33. The summed E-state index contributed by atoms with van der Waals surface area (Å²) < 4.78 is 38.6. The fraction of sp³-hybridized carbons (Fsp3) is 0.421. The molecular formula is C19H23F3N3OS+. The molecule has 1 aliphatic rings. The van der Waals surface area contributed by atoms with E-state index < -0.39 is 11.7 Å². The van der Waals surface area contributed by atoms with Crippen LogP contribution in [0.25, 0.3) is 0 Å². The maximum absolute atomic E-state index is 12.9.